The summed E-state index contributed by atoms with van der Waals surface area (Å²) in [6.07, 6.45) is 0.865. The Morgan fingerprint density at radius 1 is 1.35 bits per heavy atom. The fraction of sp³-hybridized carbons (Fsp3) is 0.533. The second kappa shape index (κ2) is 6.96. The Hall–Kier alpha value is -1.25. The Labute approximate surface area is 128 Å². The van der Waals surface area contributed by atoms with E-state index in [1.807, 2.05) is 12.1 Å². The van der Waals surface area contributed by atoms with Gasteiger partial charge in [-0.25, -0.2) is 0 Å². The number of halogens is 1. The Morgan fingerprint density at radius 2 is 2.10 bits per heavy atom. The largest absolute Gasteiger partial charge is 0.490 e. The van der Waals surface area contributed by atoms with E-state index >= 15 is 0 Å². The van der Waals surface area contributed by atoms with Gasteiger partial charge in [0.1, 0.15) is 6.04 Å². The van der Waals surface area contributed by atoms with Crippen molar-refractivity contribution in [2.75, 3.05) is 19.8 Å². The average Bonchev–Trinajstić information content (AvgIpc) is 2.65. The topological polar surface area (TPSA) is 54.3 Å². The van der Waals surface area contributed by atoms with Crippen LogP contribution < -0.4 is 14.8 Å². The summed E-state index contributed by atoms with van der Waals surface area (Å²) in [5.41, 5.74) is 0.893. The highest BCUT2D eigenvalue weighted by atomic mass is 79.9. The van der Waals surface area contributed by atoms with Crippen molar-refractivity contribution in [2.45, 2.75) is 26.3 Å². The third-order valence-corrected chi connectivity index (χ3v) is 3.61. The summed E-state index contributed by atoms with van der Waals surface area (Å²) in [6.45, 7) is 6.32. The van der Waals surface area contributed by atoms with E-state index in [0.717, 1.165) is 28.8 Å². The first kappa shape index (κ1) is 15.1. The van der Waals surface area contributed by atoms with Crippen LogP contribution in [0.25, 0.3) is 0 Å². The van der Waals surface area contributed by atoms with Crippen molar-refractivity contribution < 1.29 is 9.47 Å². The van der Waals surface area contributed by atoms with E-state index in [1.54, 1.807) is 0 Å². The van der Waals surface area contributed by atoms with Crippen LogP contribution in [-0.2, 0) is 0 Å². The maximum atomic E-state index is 9.34. The summed E-state index contributed by atoms with van der Waals surface area (Å²) in [7, 11) is 0. The number of nitrogens with zero attached hydrogens (tertiary/aromatic N) is 1. The maximum absolute atomic E-state index is 9.34. The molecule has 20 heavy (non-hydrogen) atoms. The third-order valence-electron chi connectivity index (χ3n) is 3.02. The lowest BCUT2D eigenvalue weighted by molar-refractivity contribution is 0.296. The van der Waals surface area contributed by atoms with Gasteiger partial charge in [-0.15, -0.1) is 0 Å². The highest BCUT2D eigenvalue weighted by Gasteiger charge is 2.19. The minimum absolute atomic E-state index is 0.342. The van der Waals surface area contributed by atoms with Crippen LogP contribution in [0.4, 0.5) is 0 Å². The minimum Gasteiger partial charge on any atom is -0.490 e. The monoisotopic (exact) mass is 338 g/mol. The van der Waals surface area contributed by atoms with Crippen molar-refractivity contribution in [3.05, 3.63) is 22.2 Å². The Morgan fingerprint density at radius 3 is 2.80 bits per heavy atom. The molecule has 0 bridgehead atoms. The maximum Gasteiger partial charge on any atom is 0.175 e. The van der Waals surface area contributed by atoms with Gasteiger partial charge in [-0.1, -0.05) is 13.8 Å². The summed E-state index contributed by atoms with van der Waals surface area (Å²) in [6, 6.07) is 5.77. The van der Waals surface area contributed by atoms with Gasteiger partial charge in [-0.2, -0.15) is 5.26 Å². The van der Waals surface area contributed by atoms with Crippen LogP contribution in [0.2, 0.25) is 0 Å². The summed E-state index contributed by atoms with van der Waals surface area (Å²) < 4.78 is 12.2. The Balaban J connectivity index is 2.25. The van der Waals surface area contributed by atoms with E-state index in [9.17, 15) is 5.26 Å². The predicted molar refractivity (Wildman–Crippen MR) is 80.9 cm³/mol. The van der Waals surface area contributed by atoms with Gasteiger partial charge in [0.2, 0.25) is 0 Å². The molecule has 0 fully saturated rings. The van der Waals surface area contributed by atoms with Gasteiger partial charge in [0.15, 0.2) is 11.5 Å². The van der Waals surface area contributed by atoms with Gasteiger partial charge < -0.3 is 9.47 Å². The lowest BCUT2D eigenvalue weighted by atomic mass is 10.1. The summed E-state index contributed by atoms with van der Waals surface area (Å²) >= 11 is 3.50. The lowest BCUT2D eigenvalue weighted by Gasteiger charge is -2.17. The first-order valence-electron chi connectivity index (χ1n) is 6.84. The average molecular weight is 339 g/mol. The molecule has 0 spiro atoms. The second-order valence-electron chi connectivity index (χ2n) is 5.24. The third kappa shape index (κ3) is 3.65. The van der Waals surface area contributed by atoms with E-state index in [-0.39, 0.29) is 6.04 Å². The zero-order valence-corrected chi connectivity index (χ0v) is 13.4. The second-order valence-corrected chi connectivity index (χ2v) is 6.10. The number of hydrogen-bond acceptors (Lipinski definition) is 4. The molecule has 5 heteroatoms. The molecular formula is C15H19BrN2O2. The van der Waals surface area contributed by atoms with Crippen LogP contribution in [-0.4, -0.2) is 19.8 Å². The van der Waals surface area contributed by atoms with Crippen molar-refractivity contribution >= 4 is 15.9 Å². The molecule has 0 aromatic heterocycles. The summed E-state index contributed by atoms with van der Waals surface area (Å²) in [5, 5.41) is 12.6. The number of ether oxygens (including phenoxy) is 2. The molecular weight excluding hydrogens is 320 g/mol. The first-order valence-corrected chi connectivity index (χ1v) is 7.63. The van der Waals surface area contributed by atoms with Crippen LogP contribution in [0.1, 0.15) is 31.9 Å². The van der Waals surface area contributed by atoms with E-state index < -0.39 is 0 Å². The van der Waals surface area contributed by atoms with Gasteiger partial charge in [0, 0.05) is 6.42 Å². The molecule has 1 N–H and O–H groups in total. The normalized spacial score (nSPS) is 15.6. The minimum atomic E-state index is -0.342. The first-order chi connectivity index (χ1) is 9.61. The van der Waals surface area contributed by atoms with Crippen LogP contribution in [0.15, 0.2) is 16.6 Å². The highest BCUT2D eigenvalue weighted by Crippen LogP contribution is 2.39. The standard InChI is InChI=1S/C15H19BrN2O2/c1-10(2)9-18-13(8-17)11-6-12(16)15-14(7-11)19-4-3-5-20-15/h6-7,10,13,18H,3-5,9H2,1-2H3. The van der Waals surface area contributed by atoms with Crippen molar-refractivity contribution in [3.8, 4) is 17.6 Å². The van der Waals surface area contributed by atoms with Crippen molar-refractivity contribution in [2.24, 2.45) is 5.92 Å². The van der Waals surface area contributed by atoms with Gasteiger partial charge in [0.25, 0.3) is 0 Å². The number of fused-ring (bicyclic) bond motifs is 1. The van der Waals surface area contributed by atoms with E-state index in [0.29, 0.717) is 24.9 Å². The smallest absolute Gasteiger partial charge is 0.175 e. The molecule has 4 nitrogen and oxygen atoms in total. The van der Waals surface area contributed by atoms with Crippen LogP contribution in [0.5, 0.6) is 11.5 Å². The fourth-order valence-corrected chi connectivity index (χ4v) is 2.58. The molecule has 1 aromatic carbocycles. The predicted octanol–water partition coefficient (Wildman–Crippen LogP) is 3.42. The summed E-state index contributed by atoms with van der Waals surface area (Å²) in [5.74, 6) is 1.93. The SMILES string of the molecule is CC(C)CNC(C#N)c1cc(Br)c2c(c1)OCCCO2. The molecule has 1 aromatic rings. The van der Waals surface area contributed by atoms with Gasteiger partial charge >= 0.3 is 0 Å². The van der Waals surface area contributed by atoms with Crippen molar-refractivity contribution in [1.29, 1.82) is 5.26 Å². The fourth-order valence-electron chi connectivity index (χ4n) is 2.01. The number of rotatable bonds is 4. The van der Waals surface area contributed by atoms with E-state index in [1.165, 1.54) is 0 Å². The number of nitrogens with one attached hydrogen (secondary N) is 1. The van der Waals surface area contributed by atoms with Crippen molar-refractivity contribution in [1.82, 2.24) is 5.32 Å². The van der Waals surface area contributed by atoms with E-state index in [4.69, 9.17) is 9.47 Å². The van der Waals surface area contributed by atoms with Gasteiger partial charge in [-0.3, -0.25) is 5.32 Å². The molecule has 1 aliphatic rings. The molecule has 108 valence electrons. The number of hydrogen-bond donors (Lipinski definition) is 1. The molecule has 1 heterocycles. The molecule has 1 unspecified atom stereocenters. The molecule has 0 radical (unpaired) electrons. The Bertz CT molecular complexity index is 511. The van der Waals surface area contributed by atoms with Gasteiger partial charge in [-0.05, 0) is 46.1 Å². The van der Waals surface area contributed by atoms with Crippen LogP contribution in [0, 0.1) is 17.2 Å². The number of benzene rings is 1. The molecule has 0 saturated carbocycles. The molecule has 2 rings (SSSR count). The zero-order chi connectivity index (χ0) is 14.5. The van der Waals surface area contributed by atoms with Gasteiger partial charge in [0.05, 0.1) is 23.8 Å². The van der Waals surface area contributed by atoms with Crippen LogP contribution >= 0.6 is 15.9 Å². The van der Waals surface area contributed by atoms with Crippen LogP contribution in [0.3, 0.4) is 0 Å². The molecule has 0 aliphatic carbocycles. The Kier molecular flexibility index (Phi) is 5.27. The molecule has 1 aliphatic heterocycles. The molecule has 1 atom stereocenters. The zero-order valence-electron chi connectivity index (χ0n) is 11.8. The van der Waals surface area contributed by atoms with E-state index in [2.05, 4.69) is 41.2 Å². The lowest BCUT2D eigenvalue weighted by Crippen LogP contribution is -2.24. The molecule has 0 amide bonds. The summed E-state index contributed by atoms with van der Waals surface area (Å²) in [4.78, 5) is 0. The number of nitriles is 1. The molecule has 0 saturated heterocycles. The highest BCUT2D eigenvalue weighted by molar-refractivity contribution is 9.10. The quantitative estimate of drug-likeness (QED) is 0.913. The van der Waals surface area contributed by atoms with Crippen molar-refractivity contribution in [3.63, 3.8) is 0 Å².